The lowest BCUT2D eigenvalue weighted by Crippen LogP contribution is -2.30. The molecule has 0 spiro atoms. The minimum Gasteiger partial charge on any atom is -0.481 e. The summed E-state index contributed by atoms with van der Waals surface area (Å²) in [7, 11) is 1.47. The Kier molecular flexibility index (Phi) is 4.16. The van der Waals surface area contributed by atoms with E-state index in [1.807, 2.05) is 6.92 Å². The molecule has 0 aliphatic carbocycles. The molecule has 104 valence electrons. The van der Waals surface area contributed by atoms with E-state index in [0.29, 0.717) is 5.88 Å². The molecule has 19 heavy (non-hydrogen) atoms. The van der Waals surface area contributed by atoms with Gasteiger partial charge in [0.15, 0.2) is 0 Å². The van der Waals surface area contributed by atoms with E-state index in [1.54, 1.807) is 0 Å². The zero-order chi connectivity index (χ0) is 13.8. The van der Waals surface area contributed by atoms with Gasteiger partial charge in [-0.25, -0.2) is 0 Å². The molecule has 1 N–H and O–H groups in total. The van der Waals surface area contributed by atoms with Crippen LogP contribution in [0, 0.1) is 10.1 Å². The van der Waals surface area contributed by atoms with Crippen LogP contribution in [0.25, 0.3) is 0 Å². The monoisotopic (exact) mass is 267 g/mol. The van der Waals surface area contributed by atoms with Crippen LogP contribution in [0.3, 0.4) is 0 Å². The van der Waals surface area contributed by atoms with Crippen molar-refractivity contribution in [3.8, 4) is 5.88 Å². The van der Waals surface area contributed by atoms with Gasteiger partial charge in [0.05, 0.1) is 24.2 Å². The van der Waals surface area contributed by atoms with Gasteiger partial charge in [-0.2, -0.15) is 4.98 Å². The van der Waals surface area contributed by atoms with Gasteiger partial charge in [0.25, 0.3) is 0 Å². The van der Waals surface area contributed by atoms with Crippen LogP contribution in [0.15, 0.2) is 12.1 Å². The van der Waals surface area contributed by atoms with Gasteiger partial charge in [0.2, 0.25) is 11.7 Å². The fraction of sp³-hybridized carbons (Fsp3) is 0.583. The molecule has 1 saturated heterocycles. The summed E-state index contributed by atoms with van der Waals surface area (Å²) >= 11 is 0. The molecule has 7 nitrogen and oxygen atoms in total. The Balaban J connectivity index is 2.18. The second-order valence-electron chi connectivity index (χ2n) is 4.46. The minimum atomic E-state index is -0.461. The molecule has 0 radical (unpaired) electrons. The first-order chi connectivity index (χ1) is 9.11. The molecule has 1 aliphatic heterocycles. The molecule has 1 aromatic rings. The zero-order valence-electron chi connectivity index (χ0n) is 11.0. The third-order valence-electron chi connectivity index (χ3n) is 3.14. The van der Waals surface area contributed by atoms with E-state index in [4.69, 9.17) is 9.47 Å². The van der Waals surface area contributed by atoms with Crippen molar-refractivity contribution < 1.29 is 14.4 Å². The standard InChI is InChI=1S/C12H17N3O4/c1-8(10-4-3-7-19-10)13-12-9(15(16)17)5-6-11(14-12)18-2/h5-6,8,10H,3-4,7H2,1-2H3,(H,13,14). The highest BCUT2D eigenvalue weighted by atomic mass is 16.6. The van der Waals surface area contributed by atoms with Crippen molar-refractivity contribution in [2.75, 3.05) is 19.0 Å². The van der Waals surface area contributed by atoms with Gasteiger partial charge in [0.1, 0.15) is 0 Å². The van der Waals surface area contributed by atoms with Crippen LogP contribution in [0.4, 0.5) is 11.5 Å². The first-order valence-electron chi connectivity index (χ1n) is 6.19. The van der Waals surface area contributed by atoms with Crippen molar-refractivity contribution in [3.63, 3.8) is 0 Å². The number of nitrogens with zero attached hydrogens (tertiary/aromatic N) is 2. The van der Waals surface area contributed by atoms with Crippen molar-refractivity contribution in [1.29, 1.82) is 0 Å². The Bertz CT molecular complexity index is 460. The Morgan fingerprint density at radius 1 is 1.63 bits per heavy atom. The lowest BCUT2D eigenvalue weighted by molar-refractivity contribution is -0.384. The summed E-state index contributed by atoms with van der Waals surface area (Å²) in [6, 6.07) is 2.82. The molecule has 0 saturated carbocycles. The highest BCUT2D eigenvalue weighted by molar-refractivity contribution is 5.57. The van der Waals surface area contributed by atoms with Crippen LogP contribution < -0.4 is 10.1 Å². The van der Waals surface area contributed by atoms with Gasteiger partial charge in [-0.05, 0) is 19.8 Å². The van der Waals surface area contributed by atoms with E-state index in [1.165, 1.54) is 19.2 Å². The second-order valence-corrected chi connectivity index (χ2v) is 4.46. The number of anilines is 1. The number of pyridine rings is 1. The Morgan fingerprint density at radius 2 is 2.42 bits per heavy atom. The van der Waals surface area contributed by atoms with Gasteiger partial charge >= 0.3 is 5.69 Å². The fourth-order valence-electron chi connectivity index (χ4n) is 2.11. The smallest absolute Gasteiger partial charge is 0.311 e. The molecule has 1 aliphatic rings. The van der Waals surface area contributed by atoms with Gasteiger partial charge in [-0.3, -0.25) is 10.1 Å². The van der Waals surface area contributed by atoms with E-state index < -0.39 is 4.92 Å². The van der Waals surface area contributed by atoms with Gasteiger partial charge in [-0.15, -0.1) is 0 Å². The quantitative estimate of drug-likeness (QED) is 0.648. The third-order valence-corrected chi connectivity index (χ3v) is 3.14. The summed E-state index contributed by atoms with van der Waals surface area (Å²) in [6.45, 7) is 2.67. The van der Waals surface area contributed by atoms with Crippen LogP contribution in [-0.4, -0.2) is 35.8 Å². The number of aromatic nitrogens is 1. The highest BCUT2D eigenvalue weighted by Crippen LogP contribution is 2.27. The molecule has 2 rings (SSSR count). The zero-order valence-corrected chi connectivity index (χ0v) is 11.0. The lowest BCUT2D eigenvalue weighted by atomic mass is 10.1. The first-order valence-corrected chi connectivity index (χ1v) is 6.19. The van der Waals surface area contributed by atoms with Crippen LogP contribution in [0.2, 0.25) is 0 Å². The SMILES string of the molecule is COc1ccc([N+](=O)[O-])c(NC(C)C2CCCO2)n1. The molecular formula is C12H17N3O4. The second kappa shape index (κ2) is 5.83. The van der Waals surface area contributed by atoms with Gasteiger partial charge < -0.3 is 14.8 Å². The molecular weight excluding hydrogens is 250 g/mol. The molecule has 7 heteroatoms. The topological polar surface area (TPSA) is 86.5 Å². The van der Waals surface area contributed by atoms with Crippen LogP contribution in [0.1, 0.15) is 19.8 Å². The Labute approximate surface area is 111 Å². The number of methoxy groups -OCH3 is 1. The number of nitrogens with one attached hydrogen (secondary N) is 1. The summed E-state index contributed by atoms with van der Waals surface area (Å²) in [6.07, 6.45) is 2.03. The van der Waals surface area contributed by atoms with Crippen LogP contribution in [0.5, 0.6) is 5.88 Å². The Morgan fingerprint density at radius 3 is 3.00 bits per heavy atom. The molecule has 2 unspecified atom stereocenters. The number of rotatable bonds is 5. The average molecular weight is 267 g/mol. The van der Waals surface area contributed by atoms with Crippen molar-refractivity contribution in [1.82, 2.24) is 4.98 Å². The van der Waals surface area contributed by atoms with E-state index in [0.717, 1.165) is 19.4 Å². The molecule has 0 amide bonds. The molecule has 1 aromatic heterocycles. The number of hydrogen-bond donors (Lipinski definition) is 1. The van der Waals surface area contributed by atoms with Gasteiger partial charge in [0, 0.05) is 18.7 Å². The third kappa shape index (κ3) is 3.11. The molecule has 0 bridgehead atoms. The first kappa shape index (κ1) is 13.5. The van der Waals surface area contributed by atoms with Crippen molar-refractivity contribution in [2.24, 2.45) is 0 Å². The molecule has 2 heterocycles. The van der Waals surface area contributed by atoms with E-state index in [9.17, 15) is 10.1 Å². The summed E-state index contributed by atoms with van der Waals surface area (Å²) in [5.41, 5.74) is -0.0642. The predicted octanol–water partition coefficient (Wildman–Crippen LogP) is 1.98. The normalized spacial score (nSPS) is 20.0. The van der Waals surface area contributed by atoms with E-state index in [2.05, 4.69) is 10.3 Å². The minimum absolute atomic E-state index is 0.0409. The number of nitro groups is 1. The average Bonchev–Trinajstić information content (AvgIpc) is 2.92. The fourth-order valence-corrected chi connectivity index (χ4v) is 2.11. The lowest BCUT2D eigenvalue weighted by Gasteiger charge is -2.20. The molecule has 0 aromatic carbocycles. The number of ether oxygens (including phenoxy) is 2. The maximum atomic E-state index is 11.0. The molecule has 1 fully saturated rings. The van der Waals surface area contributed by atoms with E-state index in [-0.39, 0.29) is 23.7 Å². The Hall–Kier alpha value is -1.89. The van der Waals surface area contributed by atoms with Crippen molar-refractivity contribution in [3.05, 3.63) is 22.2 Å². The van der Waals surface area contributed by atoms with Crippen molar-refractivity contribution in [2.45, 2.75) is 31.9 Å². The number of hydrogen-bond acceptors (Lipinski definition) is 6. The van der Waals surface area contributed by atoms with E-state index >= 15 is 0 Å². The summed E-state index contributed by atoms with van der Waals surface area (Å²) in [4.78, 5) is 14.6. The summed E-state index contributed by atoms with van der Waals surface area (Å²) in [5, 5.41) is 14.0. The van der Waals surface area contributed by atoms with Crippen LogP contribution >= 0.6 is 0 Å². The maximum Gasteiger partial charge on any atom is 0.311 e. The summed E-state index contributed by atoms with van der Waals surface area (Å²) < 4.78 is 10.5. The summed E-state index contributed by atoms with van der Waals surface area (Å²) in [5.74, 6) is 0.556. The highest BCUT2D eigenvalue weighted by Gasteiger charge is 2.25. The maximum absolute atomic E-state index is 11.0. The largest absolute Gasteiger partial charge is 0.481 e. The predicted molar refractivity (Wildman–Crippen MR) is 69.5 cm³/mol. The van der Waals surface area contributed by atoms with Gasteiger partial charge in [-0.1, -0.05) is 0 Å². The molecule has 2 atom stereocenters. The van der Waals surface area contributed by atoms with Crippen molar-refractivity contribution >= 4 is 11.5 Å². The van der Waals surface area contributed by atoms with Crippen LogP contribution in [-0.2, 0) is 4.74 Å².